The minimum atomic E-state index is -0.927. The van der Waals surface area contributed by atoms with E-state index in [1.54, 1.807) is 13.8 Å². The Hall–Kier alpha value is -1.89. The molecule has 0 saturated carbocycles. The highest BCUT2D eigenvalue weighted by molar-refractivity contribution is 5.67. The first-order chi connectivity index (χ1) is 7.87. The number of aromatic nitrogens is 2. The van der Waals surface area contributed by atoms with Gasteiger partial charge in [0.2, 0.25) is 0 Å². The van der Waals surface area contributed by atoms with Crippen molar-refractivity contribution in [2.24, 2.45) is 5.73 Å². The second kappa shape index (κ2) is 5.44. The van der Waals surface area contributed by atoms with Gasteiger partial charge in [0.25, 0.3) is 0 Å². The second-order valence-electron chi connectivity index (χ2n) is 4.03. The molecular formula is C10H15N3O4. The fraction of sp³-hybridized carbons (Fsp3) is 0.500. The highest BCUT2D eigenvalue weighted by Crippen LogP contribution is 2.11. The number of nitrogens with zero attached hydrogens (tertiary/aromatic N) is 2. The van der Waals surface area contributed by atoms with Crippen molar-refractivity contribution < 1.29 is 19.4 Å². The average molecular weight is 241 g/mol. The Labute approximate surface area is 98.6 Å². The third-order valence-electron chi connectivity index (χ3n) is 1.77. The molecule has 0 aliphatic carbocycles. The molecular weight excluding hydrogens is 226 g/mol. The summed E-state index contributed by atoms with van der Waals surface area (Å²) in [6.45, 7) is 3.65. The van der Waals surface area contributed by atoms with E-state index in [9.17, 15) is 9.90 Å². The molecule has 3 N–H and O–H groups in total. The van der Waals surface area contributed by atoms with Crippen molar-refractivity contribution in [3.8, 4) is 11.8 Å². The van der Waals surface area contributed by atoms with Crippen LogP contribution in [0.2, 0.25) is 0 Å². The molecule has 0 aromatic carbocycles. The van der Waals surface area contributed by atoms with Crippen molar-refractivity contribution in [2.75, 3.05) is 6.61 Å². The number of carbonyl (C=O) groups excluding carboxylic acids is 1. The van der Waals surface area contributed by atoms with E-state index in [1.165, 1.54) is 12.4 Å². The number of ether oxygens (including phenoxy) is 2. The van der Waals surface area contributed by atoms with E-state index in [4.69, 9.17) is 10.5 Å². The molecule has 94 valence electrons. The van der Waals surface area contributed by atoms with Gasteiger partial charge in [-0.1, -0.05) is 0 Å². The maximum absolute atomic E-state index is 10.4. The van der Waals surface area contributed by atoms with Crippen molar-refractivity contribution in [3.63, 3.8) is 0 Å². The van der Waals surface area contributed by atoms with E-state index in [1.807, 2.05) is 0 Å². The SMILES string of the molecule is CC(C)(O)CCOc1ncc(OC(N)=O)cn1. The molecule has 7 heteroatoms. The predicted molar refractivity (Wildman–Crippen MR) is 58.7 cm³/mol. The Morgan fingerprint density at radius 1 is 1.47 bits per heavy atom. The summed E-state index contributed by atoms with van der Waals surface area (Å²) in [5.74, 6) is 0.146. The Kier molecular flexibility index (Phi) is 4.22. The fourth-order valence-corrected chi connectivity index (χ4v) is 0.940. The van der Waals surface area contributed by atoms with Crippen LogP contribution in [0, 0.1) is 0 Å². The summed E-state index contributed by atoms with van der Waals surface area (Å²) >= 11 is 0. The lowest BCUT2D eigenvalue weighted by atomic mass is 10.1. The van der Waals surface area contributed by atoms with Gasteiger partial charge in [-0.25, -0.2) is 4.79 Å². The van der Waals surface area contributed by atoms with Gasteiger partial charge < -0.3 is 20.3 Å². The summed E-state index contributed by atoms with van der Waals surface area (Å²) in [6, 6.07) is 0.145. The Bertz CT molecular complexity index is 372. The molecule has 0 spiro atoms. The Morgan fingerprint density at radius 2 is 2.06 bits per heavy atom. The van der Waals surface area contributed by atoms with Crippen LogP contribution in [0.25, 0.3) is 0 Å². The van der Waals surface area contributed by atoms with Crippen LogP contribution in [0.4, 0.5) is 4.79 Å². The van der Waals surface area contributed by atoms with Gasteiger partial charge >= 0.3 is 12.1 Å². The largest absolute Gasteiger partial charge is 0.463 e. The number of hydrogen-bond acceptors (Lipinski definition) is 6. The molecule has 1 aromatic heterocycles. The Balaban J connectivity index is 2.43. The lowest BCUT2D eigenvalue weighted by molar-refractivity contribution is 0.0539. The molecule has 17 heavy (non-hydrogen) atoms. The average Bonchev–Trinajstić information content (AvgIpc) is 2.18. The van der Waals surface area contributed by atoms with E-state index < -0.39 is 11.7 Å². The highest BCUT2D eigenvalue weighted by atomic mass is 16.5. The number of carbonyl (C=O) groups is 1. The maximum Gasteiger partial charge on any atom is 0.410 e. The summed E-state index contributed by atoms with van der Waals surface area (Å²) < 4.78 is 9.73. The molecule has 7 nitrogen and oxygen atoms in total. The van der Waals surface area contributed by atoms with Crippen LogP contribution >= 0.6 is 0 Å². The van der Waals surface area contributed by atoms with Crippen molar-refractivity contribution in [2.45, 2.75) is 25.9 Å². The molecule has 0 fully saturated rings. The maximum atomic E-state index is 10.4. The number of hydrogen-bond donors (Lipinski definition) is 2. The topological polar surface area (TPSA) is 108 Å². The van der Waals surface area contributed by atoms with Crippen molar-refractivity contribution in [1.82, 2.24) is 9.97 Å². The van der Waals surface area contributed by atoms with E-state index in [0.29, 0.717) is 13.0 Å². The van der Waals surface area contributed by atoms with E-state index >= 15 is 0 Å². The third-order valence-corrected chi connectivity index (χ3v) is 1.77. The molecule has 0 aliphatic heterocycles. The summed E-state index contributed by atoms with van der Waals surface area (Å²) in [4.78, 5) is 18.0. The van der Waals surface area contributed by atoms with Gasteiger partial charge in [-0.2, -0.15) is 9.97 Å². The van der Waals surface area contributed by atoms with Crippen LogP contribution in [-0.4, -0.2) is 33.4 Å². The lowest BCUT2D eigenvalue weighted by Gasteiger charge is -2.16. The minimum absolute atomic E-state index is 0.145. The van der Waals surface area contributed by atoms with Gasteiger partial charge in [-0.3, -0.25) is 0 Å². The molecule has 0 saturated heterocycles. The summed E-state index contributed by atoms with van der Waals surface area (Å²) in [5, 5.41) is 9.45. The van der Waals surface area contributed by atoms with E-state index in [-0.39, 0.29) is 11.8 Å². The lowest BCUT2D eigenvalue weighted by Crippen LogP contribution is -2.22. The molecule has 0 atom stereocenters. The van der Waals surface area contributed by atoms with Gasteiger partial charge in [0, 0.05) is 6.42 Å². The third kappa shape index (κ3) is 5.67. The first-order valence-corrected chi connectivity index (χ1v) is 5.01. The van der Waals surface area contributed by atoms with Crippen molar-refractivity contribution in [1.29, 1.82) is 0 Å². The zero-order valence-electron chi connectivity index (χ0n) is 9.71. The quantitative estimate of drug-likeness (QED) is 0.776. The van der Waals surface area contributed by atoms with Crippen LogP contribution in [0.15, 0.2) is 12.4 Å². The molecule has 0 unspecified atom stereocenters. The van der Waals surface area contributed by atoms with Gasteiger partial charge in [-0.15, -0.1) is 0 Å². The summed E-state index contributed by atoms with van der Waals surface area (Å²) in [5.41, 5.74) is 4.02. The van der Waals surface area contributed by atoms with Crippen molar-refractivity contribution >= 4 is 6.09 Å². The second-order valence-corrected chi connectivity index (χ2v) is 4.03. The molecule has 0 aliphatic rings. The van der Waals surface area contributed by atoms with Crippen LogP contribution in [0.3, 0.4) is 0 Å². The first kappa shape index (κ1) is 13.2. The molecule has 1 aromatic rings. The Morgan fingerprint density at radius 3 is 2.53 bits per heavy atom. The van der Waals surface area contributed by atoms with Gasteiger partial charge in [0.05, 0.1) is 24.6 Å². The predicted octanol–water partition coefficient (Wildman–Crippen LogP) is 0.474. The highest BCUT2D eigenvalue weighted by Gasteiger charge is 2.12. The van der Waals surface area contributed by atoms with Gasteiger partial charge in [0.1, 0.15) is 0 Å². The fourth-order valence-electron chi connectivity index (χ4n) is 0.940. The first-order valence-electron chi connectivity index (χ1n) is 5.01. The van der Waals surface area contributed by atoms with Crippen LogP contribution < -0.4 is 15.2 Å². The monoisotopic (exact) mass is 241 g/mol. The summed E-state index contributed by atoms with van der Waals surface area (Å²) in [7, 11) is 0. The van der Waals surface area contributed by atoms with Crippen LogP contribution in [0.1, 0.15) is 20.3 Å². The molecule has 0 bridgehead atoms. The number of nitrogens with two attached hydrogens (primary N) is 1. The number of amides is 1. The number of aliphatic hydroxyl groups is 1. The van der Waals surface area contributed by atoms with Gasteiger partial charge in [-0.05, 0) is 13.8 Å². The van der Waals surface area contributed by atoms with Crippen molar-refractivity contribution in [3.05, 3.63) is 12.4 Å². The molecule has 1 heterocycles. The standard InChI is InChI=1S/C10H15N3O4/c1-10(2,15)3-4-16-9-12-5-7(6-13-9)17-8(11)14/h5-6,15H,3-4H2,1-2H3,(H2,11,14). The molecule has 0 radical (unpaired) electrons. The zero-order valence-corrected chi connectivity index (χ0v) is 9.71. The van der Waals surface area contributed by atoms with Crippen LogP contribution in [0.5, 0.6) is 11.8 Å². The normalized spacial score (nSPS) is 11.0. The van der Waals surface area contributed by atoms with Crippen LogP contribution in [-0.2, 0) is 0 Å². The summed E-state index contributed by atoms with van der Waals surface area (Å²) in [6.07, 6.45) is 2.08. The number of rotatable bonds is 5. The minimum Gasteiger partial charge on any atom is -0.463 e. The zero-order chi connectivity index (χ0) is 12.9. The van der Waals surface area contributed by atoms with E-state index in [2.05, 4.69) is 14.7 Å². The van der Waals surface area contributed by atoms with Gasteiger partial charge in [0.15, 0.2) is 5.75 Å². The molecule has 1 amide bonds. The van der Waals surface area contributed by atoms with E-state index in [0.717, 1.165) is 0 Å². The smallest absolute Gasteiger partial charge is 0.410 e. The number of primary amides is 1. The molecule has 1 rings (SSSR count).